The van der Waals surface area contributed by atoms with Gasteiger partial charge in [-0.3, -0.25) is 24.5 Å². The number of H-pyrrole nitrogens is 1. The molecule has 1 aromatic carbocycles. The fourth-order valence-electron chi connectivity index (χ4n) is 2.83. The first-order valence-electron chi connectivity index (χ1n) is 8.50. The van der Waals surface area contributed by atoms with Gasteiger partial charge in [0.25, 0.3) is 5.56 Å². The number of amides is 1. The molecule has 0 atom stereocenters. The third-order valence-electron chi connectivity index (χ3n) is 4.31. The molecule has 146 valence electrons. The number of hydrogen-bond acceptors (Lipinski definition) is 6. The maximum absolute atomic E-state index is 12.5. The van der Waals surface area contributed by atoms with Crippen LogP contribution in [0.3, 0.4) is 0 Å². The highest BCUT2D eigenvalue weighted by molar-refractivity contribution is 9.10. The number of aromatic nitrogens is 4. The monoisotopic (exact) mass is 471 g/mol. The fourth-order valence-corrected chi connectivity index (χ4v) is 4.04. The number of fused-ring (bicyclic) bond motifs is 1. The second-order valence-corrected chi connectivity index (χ2v) is 8.05. The summed E-state index contributed by atoms with van der Waals surface area (Å²) in [6.07, 6.45) is 1.54. The van der Waals surface area contributed by atoms with Crippen LogP contribution in [-0.2, 0) is 18.3 Å². The lowest BCUT2D eigenvalue weighted by Gasteiger charge is -2.06. The van der Waals surface area contributed by atoms with E-state index in [9.17, 15) is 14.4 Å². The van der Waals surface area contributed by atoms with Crippen LogP contribution in [0.15, 0.2) is 56.0 Å². The summed E-state index contributed by atoms with van der Waals surface area (Å²) in [5.74, 6) is -0.179. The van der Waals surface area contributed by atoms with Crippen LogP contribution >= 0.6 is 27.3 Å². The van der Waals surface area contributed by atoms with E-state index in [1.54, 1.807) is 17.6 Å². The first kappa shape index (κ1) is 19.2. The number of aromatic amines is 1. The Kier molecular flexibility index (Phi) is 5.12. The van der Waals surface area contributed by atoms with E-state index in [0.29, 0.717) is 21.5 Å². The van der Waals surface area contributed by atoms with Gasteiger partial charge in [-0.2, -0.15) is 0 Å². The quantitative estimate of drug-likeness (QED) is 0.475. The van der Waals surface area contributed by atoms with E-state index < -0.39 is 11.2 Å². The molecule has 0 unspecified atom stereocenters. The topological polar surface area (TPSA) is 110 Å². The zero-order valence-electron chi connectivity index (χ0n) is 15.1. The van der Waals surface area contributed by atoms with E-state index in [4.69, 9.17) is 0 Å². The van der Waals surface area contributed by atoms with Crippen LogP contribution in [-0.4, -0.2) is 25.4 Å². The van der Waals surface area contributed by atoms with Gasteiger partial charge in [-0.25, -0.2) is 14.8 Å². The molecule has 3 heterocycles. The first-order valence-corrected chi connectivity index (χ1v) is 10.2. The molecule has 10 heteroatoms. The zero-order valence-corrected chi connectivity index (χ0v) is 17.5. The van der Waals surface area contributed by atoms with Gasteiger partial charge in [0.2, 0.25) is 11.9 Å². The van der Waals surface area contributed by atoms with E-state index in [0.717, 1.165) is 14.6 Å². The second kappa shape index (κ2) is 7.72. The summed E-state index contributed by atoms with van der Waals surface area (Å²) in [4.78, 5) is 48.2. The third kappa shape index (κ3) is 3.89. The van der Waals surface area contributed by atoms with Crippen molar-refractivity contribution in [1.82, 2.24) is 19.5 Å². The number of rotatable bonds is 4. The number of benzene rings is 1. The van der Waals surface area contributed by atoms with Crippen molar-refractivity contribution in [2.24, 2.45) is 7.05 Å². The average Bonchev–Trinajstić information content (AvgIpc) is 3.09. The number of anilines is 1. The molecule has 0 radical (unpaired) electrons. The summed E-state index contributed by atoms with van der Waals surface area (Å²) < 4.78 is 1.95. The van der Waals surface area contributed by atoms with Gasteiger partial charge in [0.1, 0.15) is 4.83 Å². The van der Waals surface area contributed by atoms with Crippen LogP contribution in [0.1, 0.15) is 5.56 Å². The average molecular weight is 472 g/mol. The smallest absolute Gasteiger partial charge is 0.298 e. The van der Waals surface area contributed by atoms with Crippen LogP contribution in [0, 0.1) is 0 Å². The van der Waals surface area contributed by atoms with Gasteiger partial charge in [-0.05, 0) is 29.1 Å². The molecule has 0 saturated carbocycles. The molecule has 2 N–H and O–H groups in total. The van der Waals surface area contributed by atoms with Crippen molar-refractivity contribution in [2.75, 3.05) is 5.32 Å². The number of nitrogens with zero attached hydrogens (tertiary/aromatic N) is 3. The molecular weight excluding hydrogens is 458 g/mol. The number of carbonyl (C=O) groups excluding carboxylic acids is 1. The Morgan fingerprint density at radius 3 is 2.76 bits per heavy atom. The van der Waals surface area contributed by atoms with Gasteiger partial charge in [0, 0.05) is 23.3 Å². The van der Waals surface area contributed by atoms with Crippen molar-refractivity contribution in [3.63, 3.8) is 0 Å². The lowest BCUT2D eigenvalue weighted by Crippen LogP contribution is -2.32. The normalized spacial score (nSPS) is 11.0. The molecule has 3 aromatic heterocycles. The van der Waals surface area contributed by atoms with E-state index in [1.165, 1.54) is 18.4 Å². The SMILES string of the molecule is Cn1c(=O)[nH]c2scc(CC(=O)Nc3nccc(-c4ccc(Br)cc4)n3)c2c1=O. The lowest BCUT2D eigenvalue weighted by molar-refractivity contribution is -0.115. The molecule has 0 aliphatic rings. The number of halogens is 1. The number of hydrogen-bond donors (Lipinski definition) is 2. The van der Waals surface area contributed by atoms with Crippen molar-refractivity contribution < 1.29 is 4.79 Å². The predicted molar refractivity (Wildman–Crippen MR) is 115 cm³/mol. The molecule has 0 aliphatic heterocycles. The Morgan fingerprint density at radius 1 is 1.24 bits per heavy atom. The number of carbonyl (C=O) groups is 1. The fraction of sp³-hybridized carbons (Fsp3) is 0.105. The van der Waals surface area contributed by atoms with Crippen molar-refractivity contribution in [2.45, 2.75) is 6.42 Å². The molecule has 1 amide bonds. The molecule has 0 fully saturated rings. The highest BCUT2D eigenvalue weighted by atomic mass is 79.9. The molecule has 8 nitrogen and oxygen atoms in total. The van der Waals surface area contributed by atoms with Gasteiger partial charge in [-0.1, -0.05) is 28.1 Å². The summed E-state index contributed by atoms with van der Waals surface area (Å²) in [6.45, 7) is 0. The van der Waals surface area contributed by atoms with E-state index in [2.05, 4.69) is 36.2 Å². The van der Waals surface area contributed by atoms with Crippen molar-refractivity contribution in [3.8, 4) is 11.3 Å². The van der Waals surface area contributed by atoms with Gasteiger partial charge < -0.3 is 0 Å². The maximum atomic E-state index is 12.5. The Bertz CT molecular complexity index is 1340. The Balaban J connectivity index is 1.57. The molecule has 0 aliphatic carbocycles. The van der Waals surface area contributed by atoms with Crippen LogP contribution in [0.5, 0.6) is 0 Å². The zero-order chi connectivity index (χ0) is 20.5. The molecule has 0 spiro atoms. The minimum absolute atomic E-state index is 0.0346. The van der Waals surface area contributed by atoms with Gasteiger partial charge in [0.15, 0.2) is 0 Å². The summed E-state index contributed by atoms with van der Waals surface area (Å²) >= 11 is 4.61. The molecule has 0 bridgehead atoms. The van der Waals surface area contributed by atoms with E-state index >= 15 is 0 Å². The Hall–Kier alpha value is -3.11. The van der Waals surface area contributed by atoms with Crippen LogP contribution < -0.4 is 16.6 Å². The highest BCUT2D eigenvalue weighted by Crippen LogP contribution is 2.22. The van der Waals surface area contributed by atoms with Crippen LogP contribution in [0.4, 0.5) is 5.95 Å². The molecule has 4 aromatic rings. The summed E-state index contributed by atoms with van der Waals surface area (Å²) in [5.41, 5.74) is 1.20. The second-order valence-electron chi connectivity index (χ2n) is 6.26. The maximum Gasteiger partial charge on any atom is 0.329 e. The Morgan fingerprint density at radius 2 is 2.00 bits per heavy atom. The van der Waals surface area contributed by atoms with Crippen LogP contribution in [0.25, 0.3) is 21.5 Å². The van der Waals surface area contributed by atoms with Crippen molar-refractivity contribution >= 4 is 49.3 Å². The predicted octanol–water partition coefficient (Wildman–Crippen LogP) is 2.69. The molecule has 29 heavy (non-hydrogen) atoms. The van der Waals surface area contributed by atoms with Gasteiger partial charge >= 0.3 is 5.69 Å². The first-order chi connectivity index (χ1) is 13.9. The van der Waals surface area contributed by atoms with Gasteiger partial charge in [0.05, 0.1) is 17.5 Å². The standard InChI is InChI=1S/C19H14BrN5O3S/c1-25-17(27)15-11(9-29-16(15)24-19(25)28)8-14(26)23-18-21-7-6-13(22-18)10-2-4-12(20)5-3-10/h2-7,9H,8H2,1H3,(H,24,28)(H,21,22,23,26). The summed E-state index contributed by atoms with van der Waals surface area (Å²) in [5, 5.41) is 4.70. The Labute approximate surface area is 176 Å². The number of thiophene rings is 1. The summed E-state index contributed by atoms with van der Waals surface area (Å²) in [7, 11) is 1.39. The number of nitrogens with one attached hydrogen (secondary N) is 2. The largest absolute Gasteiger partial charge is 0.329 e. The lowest BCUT2D eigenvalue weighted by atomic mass is 10.1. The van der Waals surface area contributed by atoms with Crippen LogP contribution in [0.2, 0.25) is 0 Å². The molecule has 4 rings (SSSR count). The summed E-state index contributed by atoms with van der Waals surface area (Å²) in [6, 6.07) is 9.38. The third-order valence-corrected chi connectivity index (χ3v) is 5.78. The molecular formula is C19H14BrN5O3S. The van der Waals surface area contributed by atoms with Gasteiger partial charge in [-0.15, -0.1) is 11.3 Å². The molecule has 0 saturated heterocycles. The van der Waals surface area contributed by atoms with Crippen molar-refractivity contribution in [1.29, 1.82) is 0 Å². The van der Waals surface area contributed by atoms with E-state index in [1.807, 2.05) is 24.3 Å². The van der Waals surface area contributed by atoms with E-state index in [-0.39, 0.29) is 18.3 Å². The minimum atomic E-state index is -0.487. The minimum Gasteiger partial charge on any atom is -0.298 e. The van der Waals surface area contributed by atoms with Crippen molar-refractivity contribution in [3.05, 3.63) is 72.8 Å². The highest BCUT2D eigenvalue weighted by Gasteiger charge is 2.15.